The summed E-state index contributed by atoms with van der Waals surface area (Å²) in [5, 5.41) is 0. The maximum absolute atomic E-state index is 12.1. The number of hydrogen-bond donors (Lipinski definition) is 0. The molecule has 74 valence electrons. The molecular formula is C5H9BrF2O3S. The molecule has 0 aliphatic heterocycles. The Morgan fingerprint density at radius 1 is 1.50 bits per heavy atom. The lowest BCUT2D eigenvalue weighted by atomic mass is 10.3. The molecule has 0 heterocycles. The van der Waals surface area contributed by atoms with Gasteiger partial charge >= 0.3 is 4.83 Å². The van der Waals surface area contributed by atoms with Crippen molar-refractivity contribution in [2.45, 2.75) is 17.7 Å². The van der Waals surface area contributed by atoms with Gasteiger partial charge < -0.3 is 0 Å². The maximum atomic E-state index is 12.1. The molecule has 0 bridgehead atoms. The molecule has 0 aliphatic carbocycles. The zero-order valence-corrected chi connectivity index (χ0v) is 8.79. The first kappa shape index (κ1) is 12.2. The molecular weight excluding hydrogens is 258 g/mol. The molecule has 3 nitrogen and oxygen atoms in total. The van der Waals surface area contributed by atoms with Crippen LogP contribution < -0.4 is 0 Å². The highest BCUT2D eigenvalue weighted by Gasteiger charge is 2.22. The van der Waals surface area contributed by atoms with Crippen LogP contribution in [0.2, 0.25) is 0 Å². The standard InChI is InChI=1S/C5H9BrF2O3S/c1-12(9,10)11-4-2-3-5(6,7)8/h2-4H2,1H3. The van der Waals surface area contributed by atoms with Crippen LogP contribution in [0.25, 0.3) is 0 Å². The number of rotatable bonds is 5. The van der Waals surface area contributed by atoms with E-state index in [0.717, 1.165) is 6.26 Å². The fourth-order valence-corrected chi connectivity index (χ4v) is 1.18. The fraction of sp³-hybridized carbons (Fsp3) is 1.00. The van der Waals surface area contributed by atoms with E-state index in [0.29, 0.717) is 0 Å². The molecule has 0 aliphatic rings. The monoisotopic (exact) mass is 266 g/mol. The first-order chi connectivity index (χ1) is 5.21. The van der Waals surface area contributed by atoms with Crippen LogP contribution in [0.3, 0.4) is 0 Å². The number of alkyl halides is 3. The summed E-state index contributed by atoms with van der Waals surface area (Å²) in [6.45, 7) is -0.208. The summed E-state index contributed by atoms with van der Waals surface area (Å²) in [6.07, 6.45) is 0.424. The van der Waals surface area contributed by atoms with Crippen LogP contribution in [0.5, 0.6) is 0 Å². The Balaban J connectivity index is 3.48. The summed E-state index contributed by atoms with van der Waals surface area (Å²) in [4.78, 5) is -2.94. The van der Waals surface area contributed by atoms with Gasteiger partial charge in [-0.3, -0.25) is 4.18 Å². The van der Waals surface area contributed by atoms with Gasteiger partial charge in [0.15, 0.2) is 0 Å². The summed E-state index contributed by atoms with van der Waals surface area (Å²) in [7, 11) is -3.50. The lowest BCUT2D eigenvalue weighted by Gasteiger charge is -2.06. The normalized spacial score (nSPS) is 13.3. The van der Waals surface area contributed by atoms with Crippen LogP contribution in [0, 0.1) is 0 Å². The third kappa shape index (κ3) is 10.2. The van der Waals surface area contributed by atoms with Crippen LogP contribution >= 0.6 is 15.9 Å². The molecule has 0 saturated heterocycles. The van der Waals surface area contributed by atoms with Crippen molar-refractivity contribution in [2.24, 2.45) is 0 Å². The van der Waals surface area contributed by atoms with Crippen LogP contribution in [0.1, 0.15) is 12.8 Å². The maximum Gasteiger partial charge on any atom is 0.301 e. The molecule has 0 rings (SSSR count). The second-order valence-electron chi connectivity index (χ2n) is 2.24. The quantitative estimate of drug-likeness (QED) is 0.433. The van der Waals surface area contributed by atoms with Gasteiger partial charge in [0.2, 0.25) is 0 Å². The minimum absolute atomic E-state index is 0.00861. The Hall–Kier alpha value is 0.250. The zero-order chi connectivity index (χ0) is 9.83. The predicted octanol–water partition coefficient (Wildman–Crippen LogP) is 1.73. The summed E-state index contributed by atoms with van der Waals surface area (Å²) in [5.41, 5.74) is 0. The van der Waals surface area contributed by atoms with Crippen molar-refractivity contribution in [2.75, 3.05) is 12.9 Å². The minimum Gasteiger partial charge on any atom is -0.270 e. The summed E-state index contributed by atoms with van der Waals surface area (Å²) < 4.78 is 49.0. The van der Waals surface area contributed by atoms with Gasteiger partial charge in [-0.05, 0) is 22.4 Å². The van der Waals surface area contributed by atoms with E-state index in [9.17, 15) is 17.2 Å². The van der Waals surface area contributed by atoms with E-state index in [1.807, 2.05) is 0 Å². The highest BCUT2D eigenvalue weighted by atomic mass is 79.9. The van der Waals surface area contributed by atoms with Crippen LogP contribution in [0.15, 0.2) is 0 Å². The molecule has 0 fully saturated rings. The first-order valence-corrected chi connectivity index (χ1v) is 5.73. The third-order valence-corrected chi connectivity index (χ3v) is 1.89. The average molecular weight is 267 g/mol. The van der Waals surface area contributed by atoms with Crippen molar-refractivity contribution in [1.29, 1.82) is 0 Å². The van der Waals surface area contributed by atoms with E-state index < -0.39 is 21.4 Å². The largest absolute Gasteiger partial charge is 0.301 e. The smallest absolute Gasteiger partial charge is 0.270 e. The van der Waals surface area contributed by atoms with E-state index in [2.05, 4.69) is 20.1 Å². The van der Waals surface area contributed by atoms with Gasteiger partial charge in [-0.1, -0.05) is 0 Å². The van der Waals surface area contributed by atoms with E-state index in [1.165, 1.54) is 0 Å². The lowest BCUT2D eigenvalue weighted by molar-refractivity contribution is 0.0959. The Morgan fingerprint density at radius 3 is 2.33 bits per heavy atom. The minimum atomic E-state index is -3.50. The zero-order valence-electron chi connectivity index (χ0n) is 6.39. The highest BCUT2D eigenvalue weighted by Crippen LogP contribution is 2.27. The van der Waals surface area contributed by atoms with Crippen molar-refractivity contribution in [1.82, 2.24) is 0 Å². The Kier molecular flexibility index (Phi) is 4.57. The van der Waals surface area contributed by atoms with E-state index >= 15 is 0 Å². The first-order valence-electron chi connectivity index (χ1n) is 3.12. The molecule has 7 heteroatoms. The predicted molar refractivity (Wildman–Crippen MR) is 43.9 cm³/mol. The second kappa shape index (κ2) is 4.48. The molecule has 0 aromatic carbocycles. The van der Waals surface area contributed by atoms with Gasteiger partial charge in [-0.15, -0.1) is 0 Å². The highest BCUT2D eigenvalue weighted by molar-refractivity contribution is 9.09. The number of halogens is 3. The van der Waals surface area contributed by atoms with Crippen molar-refractivity contribution in [3.05, 3.63) is 0 Å². The topological polar surface area (TPSA) is 43.4 Å². The van der Waals surface area contributed by atoms with Gasteiger partial charge in [0.25, 0.3) is 10.1 Å². The van der Waals surface area contributed by atoms with Gasteiger partial charge in [0.1, 0.15) is 0 Å². The van der Waals surface area contributed by atoms with Gasteiger partial charge in [0, 0.05) is 6.42 Å². The molecule has 0 aromatic heterocycles. The van der Waals surface area contributed by atoms with Gasteiger partial charge in [0.05, 0.1) is 12.9 Å². The lowest BCUT2D eigenvalue weighted by Crippen LogP contribution is -2.09. The molecule has 12 heavy (non-hydrogen) atoms. The molecule has 0 N–H and O–H groups in total. The summed E-state index contributed by atoms with van der Waals surface area (Å²) in [5.74, 6) is 0. The summed E-state index contributed by atoms with van der Waals surface area (Å²) in [6, 6.07) is 0. The Morgan fingerprint density at radius 2 is 2.00 bits per heavy atom. The van der Waals surface area contributed by atoms with Crippen LogP contribution in [-0.2, 0) is 14.3 Å². The average Bonchev–Trinajstić information content (AvgIpc) is 1.76. The molecule has 0 saturated carbocycles. The van der Waals surface area contributed by atoms with Crippen molar-refractivity contribution >= 4 is 26.0 Å². The fourth-order valence-electron chi connectivity index (χ4n) is 0.483. The van der Waals surface area contributed by atoms with Crippen molar-refractivity contribution < 1.29 is 21.4 Å². The molecule has 0 unspecified atom stereocenters. The molecule has 0 radical (unpaired) electrons. The Bertz CT molecular complexity index is 221. The molecule has 0 atom stereocenters. The SMILES string of the molecule is CS(=O)(=O)OCCCC(F)(F)Br. The van der Waals surface area contributed by atoms with Crippen molar-refractivity contribution in [3.8, 4) is 0 Å². The van der Waals surface area contributed by atoms with Gasteiger partial charge in [-0.25, -0.2) is 0 Å². The summed E-state index contributed by atoms with van der Waals surface area (Å²) >= 11 is 2.12. The molecule has 0 spiro atoms. The molecule has 0 amide bonds. The van der Waals surface area contributed by atoms with Crippen molar-refractivity contribution in [3.63, 3.8) is 0 Å². The second-order valence-corrected chi connectivity index (χ2v) is 5.05. The number of hydrogen-bond acceptors (Lipinski definition) is 3. The Labute approximate surface area is 78.3 Å². The molecule has 0 aromatic rings. The van der Waals surface area contributed by atoms with E-state index in [1.54, 1.807) is 0 Å². The van der Waals surface area contributed by atoms with Crippen LogP contribution in [-0.4, -0.2) is 26.1 Å². The van der Waals surface area contributed by atoms with Gasteiger partial charge in [-0.2, -0.15) is 17.2 Å². The van der Waals surface area contributed by atoms with Crippen LogP contribution in [0.4, 0.5) is 8.78 Å². The van der Waals surface area contributed by atoms with E-state index in [-0.39, 0.29) is 13.0 Å². The van der Waals surface area contributed by atoms with E-state index in [4.69, 9.17) is 0 Å². The third-order valence-electron chi connectivity index (χ3n) is 0.902.